The Balaban J connectivity index is 1.82. The summed E-state index contributed by atoms with van der Waals surface area (Å²) in [5, 5.41) is 1.03. The average Bonchev–Trinajstić information content (AvgIpc) is 3.05. The molecule has 3 rings (SSSR count). The van der Waals surface area contributed by atoms with E-state index in [1.807, 2.05) is 86.1 Å². The highest BCUT2D eigenvalue weighted by molar-refractivity contribution is 5.86. The zero-order valence-corrected chi connectivity index (χ0v) is 14.9. The Morgan fingerprint density at radius 2 is 1.84 bits per heavy atom. The summed E-state index contributed by atoms with van der Waals surface area (Å²) >= 11 is 0. The predicted molar refractivity (Wildman–Crippen MR) is 98.7 cm³/mol. The van der Waals surface area contributed by atoms with Gasteiger partial charge >= 0.3 is 5.97 Å². The monoisotopic (exact) mass is 337 g/mol. The second-order valence-corrected chi connectivity index (χ2v) is 6.46. The van der Waals surface area contributed by atoms with Crippen molar-refractivity contribution < 1.29 is 14.3 Å². The van der Waals surface area contributed by atoms with Gasteiger partial charge in [-0.05, 0) is 50.6 Å². The Bertz CT molecular complexity index is 865. The van der Waals surface area contributed by atoms with Crippen LogP contribution >= 0.6 is 0 Å². The van der Waals surface area contributed by atoms with Crippen molar-refractivity contribution in [2.75, 3.05) is 6.61 Å². The van der Waals surface area contributed by atoms with E-state index in [4.69, 9.17) is 9.47 Å². The minimum Gasteiger partial charge on any atom is -0.489 e. The number of nitrogens with zero attached hydrogens (tertiary/aromatic N) is 1. The van der Waals surface area contributed by atoms with E-state index < -0.39 is 5.54 Å². The van der Waals surface area contributed by atoms with Crippen LogP contribution in [0.4, 0.5) is 0 Å². The predicted octanol–water partition coefficient (Wildman–Crippen LogP) is 4.52. The van der Waals surface area contributed by atoms with Crippen LogP contribution in [0.5, 0.6) is 5.75 Å². The maximum atomic E-state index is 12.3. The zero-order valence-electron chi connectivity index (χ0n) is 14.9. The number of benzene rings is 2. The summed E-state index contributed by atoms with van der Waals surface area (Å²) in [5.74, 6) is 0.569. The van der Waals surface area contributed by atoms with Crippen LogP contribution in [-0.4, -0.2) is 17.1 Å². The number of esters is 1. The molecule has 0 aliphatic heterocycles. The van der Waals surface area contributed by atoms with Gasteiger partial charge in [-0.2, -0.15) is 0 Å². The summed E-state index contributed by atoms with van der Waals surface area (Å²) in [6.45, 7) is 6.45. The fourth-order valence-electron chi connectivity index (χ4n) is 2.84. The Hall–Kier alpha value is -2.75. The number of carbonyl (C=O) groups is 1. The molecule has 0 atom stereocenters. The van der Waals surface area contributed by atoms with Crippen LogP contribution in [0.2, 0.25) is 0 Å². The molecule has 0 unspecified atom stereocenters. The molecular weight excluding hydrogens is 314 g/mol. The Labute approximate surface area is 148 Å². The molecule has 0 saturated carbocycles. The zero-order chi connectivity index (χ0) is 17.9. The first-order valence-corrected chi connectivity index (χ1v) is 8.48. The van der Waals surface area contributed by atoms with E-state index in [1.54, 1.807) is 0 Å². The van der Waals surface area contributed by atoms with E-state index in [0.717, 1.165) is 22.2 Å². The van der Waals surface area contributed by atoms with Crippen molar-refractivity contribution in [2.24, 2.45) is 0 Å². The van der Waals surface area contributed by atoms with E-state index in [9.17, 15) is 4.79 Å². The maximum absolute atomic E-state index is 12.3. The molecule has 0 bridgehead atoms. The maximum Gasteiger partial charge on any atom is 0.331 e. The molecule has 4 nitrogen and oxygen atoms in total. The van der Waals surface area contributed by atoms with E-state index >= 15 is 0 Å². The Morgan fingerprint density at radius 3 is 2.56 bits per heavy atom. The fraction of sp³-hybridized carbons (Fsp3) is 0.286. The second-order valence-electron chi connectivity index (χ2n) is 6.46. The number of hydrogen-bond acceptors (Lipinski definition) is 3. The molecule has 2 aromatic carbocycles. The number of carbonyl (C=O) groups excluding carboxylic acids is 1. The molecule has 3 aromatic rings. The molecule has 0 amide bonds. The van der Waals surface area contributed by atoms with Crippen LogP contribution in [0, 0.1) is 0 Å². The number of rotatable bonds is 6. The highest BCUT2D eigenvalue weighted by Crippen LogP contribution is 2.28. The van der Waals surface area contributed by atoms with E-state index in [1.165, 1.54) is 0 Å². The normalized spacial score (nSPS) is 11.5. The summed E-state index contributed by atoms with van der Waals surface area (Å²) in [6.07, 6.45) is 1.92. The molecule has 0 saturated heterocycles. The summed E-state index contributed by atoms with van der Waals surface area (Å²) in [7, 11) is 0. The SMILES string of the molecule is CCOC(=O)C(C)(C)n1ccc2cc(OCc3ccccc3)ccc21. The van der Waals surface area contributed by atoms with Crippen molar-refractivity contribution in [3.63, 3.8) is 0 Å². The third-order valence-corrected chi connectivity index (χ3v) is 4.29. The lowest BCUT2D eigenvalue weighted by Gasteiger charge is -2.25. The van der Waals surface area contributed by atoms with Crippen molar-refractivity contribution in [1.82, 2.24) is 4.57 Å². The molecule has 0 fully saturated rings. The van der Waals surface area contributed by atoms with Gasteiger partial charge in [-0.3, -0.25) is 0 Å². The molecule has 0 aliphatic rings. The van der Waals surface area contributed by atoms with Gasteiger partial charge in [-0.1, -0.05) is 30.3 Å². The molecule has 130 valence electrons. The number of ether oxygens (including phenoxy) is 2. The summed E-state index contributed by atoms with van der Waals surface area (Å²) in [5.41, 5.74) is 1.35. The lowest BCUT2D eigenvalue weighted by Crippen LogP contribution is -2.36. The topological polar surface area (TPSA) is 40.5 Å². The standard InChI is InChI=1S/C21H23NO3/c1-4-24-20(23)21(2,3)22-13-12-17-14-18(10-11-19(17)22)25-15-16-8-6-5-7-9-16/h5-14H,4,15H2,1-3H3. The minimum atomic E-state index is -0.760. The largest absolute Gasteiger partial charge is 0.489 e. The van der Waals surface area contributed by atoms with Gasteiger partial charge in [0.15, 0.2) is 0 Å². The van der Waals surface area contributed by atoms with Gasteiger partial charge in [-0.15, -0.1) is 0 Å². The molecule has 0 radical (unpaired) electrons. The molecule has 1 aromatic heterocycles. The number of aromatic nitrogens is 1. The molecule has 0 aliphatic carbocycles. The van der Waals surface area contributed by atoms with Gasteiger partial charge in [0.2, 0.25) is 0 Å². The van der Waals surface area contributed by atoms with Crippen LogP contribution in [0.25, 0.3) is 10.9 Å². The van der Waals surface area contributed by atoms with Crippen LogP contribution in [0.3, 0.4) is 0 Å². The highest BCUT2D eigenvalue weighted by atomic mass is 16.5. The smallest absolute Gasteiger partial charge is 0.331 e. The third kappa shape index (κ3) is 3.53. The van der Waals surface area contributed by atoms with Crippen molar-refractivity contribution in [2.45, 2.75) is 32.9 Å². The van der Waals surface area contributed by atoms with Gasteiger partial charge in [-0.25, -0.2) is 4.79 Å². The van der Waals surface area contributed by atoms with Crippen LogP contribution in [0.15, 0.2) is 60.8 Å². The van der Waals surface area contributed by atoms with E-state index in [-0.39, 0.29) is 5.97 Å². The van der Waals surface area contributed by atoms with Gasteiger partial charge in [0.05, 0.1) is 6.61 Å². The second kappa shape index (κ2) is 7.01. The Morgan fingerprint density at radius 1 is 1.08 bits per heavy atom. The van der Waals surface area contributed by atoms with E-state index in [2.05, 4.69) is 0 Å². The van der Waals surface area contributed by atoms with Crippen LogP contribution in [-0.2, 0) is 21.7 Å². The van der Waals surface area contributed by atoms with Crippen LogP contribution in [0.1, 0.15) is 26.3 Å². The van der Waals surface area contributed by atoms with Crippen molar-refractivity contribution in [1.29, 1.82) is 0 Å². The van der Waals surface area contributed by atoms with Crippen molar-refractivity contribution >= 4 is 16.9 Å². The minimum absolute atomic E-state index is 0.239. The molecular formula is C21H23NO3. The van der Waals surface area contributed by atoms with Gasteiger partial charge in [0.25, 0.3) is 0 Å². The molecule has 0 spiro atoms. The molecule has 1 heterocycles. The van der Waals surface area contributed by atoms with Crippen molar-refractivity contribution in [3.05, 3.63) is 66.4 Å². The first-order valence-electron chi connectivity index (χ1n) is 8.48. The number of hydrogen-bond donors (Lipinski definition) is 0. The van der Waals surface area contributed by atoms with Gasteiger partial charge in [0, 0.05) is 17.1 Å². The van der Waals surface area contributed by atoms with Crippen LogP contribution < -0.4 is 4.74 Å². The van der Waals surface area contributed by atoms with Crippen molar-refractivity contribution in [3.8, 4) is 5.75 Å². The quantitative estimate of drug-likeness (QED) is 0.621. The molecule has 4 heteroatoms. The van der Waals surface area contributed by atoms with E-state index in [0.29, 0.717) is 13.2 Å². The first-order chi connectivity index (χ1) is 12.0. The Kier molecular flexibility index (Phi) is 4.79. The number of fused-ring (bicyclic) bond motifs is 1. The molecule has 25 heavy (non-hydrogen) atoms. The molecule has 0 N–H and O–H groups in total. The lowest BCUT2D eigenvalue weighted by atomic mass is 10.1. The summed E-state index contributed by atoms with van der Waals surface area (Å²) in [6, 6.07) is 18.0. The lowest BCUT2D eigenvalue weighted by molar-refractivity contribution is -0.151. The highest BCUT2D eigenvalue weighted by Gasteiger charge is 2.31. The third-order valence-electron chi connectivity index (χ3n) is 4.29. The first kappa shape index (κ1) is 17.1. The average molecular weight is 337 g/mol. The summed E-state index contributed by atoms with van der Waals surface area (Å²) < 4.78 is 13.0. The van der Waals surface area contributed by atoms with Gasteiger partial charge in [0.1, 0.15) is 17.9 Å². The summed E-state index contributed by atoms with van der Waals surface area (Å²) in [4.78, 5) is 12.3. The van der Waals surface area contributed by atoms with Gasteiger partial charge < -0.3 is 14.0 Å². The fourth-order valence-corrected chi connectivity index (χ4v) is 2.84.